The Balaban J connectivity index is 2.68. The van der Waals surface area contributed by atoms with E-state index in [1.807, 2.05) is 0 Å². The Kier molecular flexibility index (Phi) is 3.83. The number of carbonyl (C=O) groups is 1. The van der Waals surface area contributed by atoms with Crippen molar-refractivity contribution in [1.29, 1.82) is 0 Å². The maximum Gasteiger partial charge on any atom is 0.310 e. The first-order valence-electron chi connectivity index (χ1n) is 4.93. The number of halogens is 1. The molecule has 0 spiro atoms. The van der Waals surface area contributed by atoms with Gasteiger partial charge in [-0.25, -0.2) is 4.39 Å². The molecular weight excluding hydrogens is 195 g/mol. The molecule has 0 saturated carbocycles. The van der Waals surface area contributed by atoms with Crippen molar-refractivity contribution >= 4 is 5.97 Å². The van der Waals surface area contributed by atoms with Gasteiger partial charge in [0.2, 0.25) is 0 Å². The monoisotopic (exact) mass is 210 g/mol. The van der Waals surface area contributed by atoms with E-state index >= 15 is 0 Å². The molecule has 0 heterocycles. The molecule has 2 nitrogen and oxygen atoms in total. The van der Waals surface area contributed by atoms with Crippen LogP contribution < -0.4 is 0 Å². The molecular formula is C12H15FO2. The van der Waals surface area contributed by atoms with E-state index in [1.54, 1.807) is 26.8 Å². The first kappa shape index (κ1) is 11.7. The van der Waals surface area contributed by atoms with E-state index in [1.165, 1.54) is 12.1 Å². The fourth-order valence-corrected chi connectivity index (χ4v) is 1.32. The summed E-state index contributed by atoms with van der Waals surface area (Å²) in [5, 5.41) is 0. The van der Waals surface area contributed by atoms with Crippen LogP contribution in [0.1, 0.15) is 25.0 Å². The Morgan fingerprint density at radius 3 is 2.67 bits per heavy atom. The summed E-state index contributed by atoms with van der Waals surface area (Å²) in [4.78, 5) is 11.3. The fourth-order valence-electron chi connectivity index (χ4n) is 1.32. The van der Waals surface area contributed by atoms with E-state index in [0.29, 0.717) is 0 Å². The second-order valence-corrected chi connectivity index (χ2v) is 3.79. The predicted molar refractivity (Wildman–Crippen MR) is 56.1 cm³/mol. The molecule has 3 heteroatoms. The largest absolute Gasteiger partial charge is 0.463 e. The van der Waals surface area contributed by atoms with Crippen molar-refractivity contribution in [1.82, 2.24) is 0 Å². The van der Waals surface area contributed by atoms with Gasteiger partial charge in [0, 0.05) is 0 Å². The average Bonchev–Trinajstić information content (AvgIpc) is 2.08. The molecule has 0 radical (unpaired) electrons. The number of hydrogen-bond acceptors (Lipinski definition) is 2. The topological polar surface area (TPSA) is 26.3 Å². The zero-order chi connectivity index (χ0) is 11.4. The second kappa shape index (κ2) is 4.91. The van der Waals surface area contributed by atoms with E-state index in [4.69, 9.17) is 4.74 Å². The van der Waals surface area contributed by atoms with E-state index < -0.39 is 0 Å². The van der Waals surface area contributed by atoms with E-state index in [0.717, 1.165) is 11.1 Å². The van der Waals surface area contributed by atoms with Gasteiger partial charge in [0.1, 0.15) is 5.82 Å². The summed E-state index contributed by atoms with van der Waals surface area (Å²) in [6.45, 7) is 5.38. The van der Waals surface area contributed by atoms with Gasteiger partial charge in [-0.05, 0) is 44.0 Å². The lowest BCUT2D eigenvalue weighted by Gasteiger charge is -2.09. The van der Waals surface area contributed by atoms with Crippen molar-refractivity contribution in [3.63, 3.8) is 0 Å². The highest BCUT2D eigenvalue weighted by Gasteiger charge is 2.09. The highest BCUT2D eigenvalue weighted by atomic mass is 19.1. The molecule has 0 unspecified atom stereocenters. The smallest absolute Gasteiger partial charge is 0.310 e. The SMILES string of the molecule is Cc1cc(F)ccc1CC(=O)OC(C)C. The van der Waals surface area contributed by atoms with Gasteiger partial charge >= 0.3 is 5.97 Å². The highest BCUT2D eigenvalue weighted by molar-refractivity contribution is 5.73. The average molecular weight is 210 g/mol. The zero-order valence-corrected chi connectivity index (χ0v) is 9.21. The molecule has 82 valence electrons. The lowest BCUT2D eigenvalue weighted by atomic mass is 10.1. The minimum Gasteiger partial charge on any atom is -0.463 e. The van der Waals surface area contributed by atoms with Crippen molar-refractivity contribution < 1.29 is 13.9 Å². The second-order valence-electron chi connectivity index (χ2n) is 3.79. The van der Waals surface area contributed by atoms with Crippen LogP contribution in [-0.4, -0.2) is 12.1 Å². The number of ether oxygens (including phenoxy) is 1. The Hall–Kier alpha value is -1.38. The standard InChI is InChI=1S/C12H15FO2/c1-8(2)15-12(14)7-10-4-5-11(13)6-9(10)3/h4-6,8H,7H2,1-3H3. The highest BCUT2D eigenvalue weighted by Crippen LogP contribution is 2.11. The molecule has 0 atom stereocenters. The normalized spacial score (nSPS) is 10.5. The third-order valence-electron chi connectivity index (χ3n) is 2.01. The van der Waals surface area contributed by atoms with E-state index in [9.17, 15) is 9.18 Å². The van der Waals surface area contributed by atoms with Crippen LogP contribution in [0.3, 0.4) is 0 Å². The van der Waals surface area contributed by atoms with Crippen molar-refractivity contribution in [3.8, 4) is 0 Å². The minimum absolute atomic E-state index is 0.113. The number of esters is 1. The van der Waals surface area contributed by atoms with Crippen LogP contribution >= 0.6 is 0 Å². The van der Waals surface area contributed by atoms with Crippen molar-refractivity contribution in [2.24, 2.45) is 0 Å². The molecule has 0 aromatic heterocycles. The van der Waals surface area contributed by atoms with Gasteiger partial charge in [-0.1, -0.05) is 6.07 Å². The Morgan fingerprint density at radius 1 is 1.47 bits per heavy atom. The molecule has 0 saturated heterocycles. The van der Waals surface area contributed by atoms with Gasteiger partial charge in [-0.3, -0.25) is 4.79 Å². The van der Waals surface area contributed by atoms with Crippen LogP contribution in [0.15, 0.2) is 18.2 Å². The van der Waals surface area contributed by atoms with Crippen molar-refractivity contribution in [2.75, 3.05) is 0 Å². The Labute approximate surface area is 89.1 Å². The predicted octanol–water partition coefficient (Wildman–Crippen LogP) is 2.63. The first-order valence-corrected chi connectivity index (χ1v) is 4.93. The maximum absolute atomic E-state index is 12.8. The van der Waals surface area contributed by atoms with Gasteiger partial charge in [0.05, 0.1) is 12.5 Å². The number of carbonyl (C=O) groups excluding carboxylic acids is 1. The first-order chi connectivity index (χ1) is 6.99. The molecule has 1 rings (SSSR count). The van der Waals surface area contributed by atoms with Gasteiger partial charge < -0.3 is 4.74 Å². The summed E-state index contributed by atoms with van der Waals surface area (Å²) in [7, 11) is 0. The molecule has 0 N–H and O–H groups in total. The number of aryl methyl sites for hydroxylation is 1. The molecule has 0 aliphatic carbocycles. The lowest BCUT2D eigenvalue weighted by Crippen LogP contribution is -2.14. The summed E-state index contributed by atoms with van der Waals surface area (Å²) in [5.41, 5.74) is 1.58. The van der Waals surface area contributed by atoms with Crippen molar-refractivity contribution in [2.45, 2.75) is 33.3 Å². The third-order valence-corrected chi connectivity index (χ3v) is 2.01. The summed E-state index contributed by atoms with van der Waals surface area (Å²) in [5.74, 6) is -0.562. The molecule has 0 amide bonds. The molecule has 15 heavy (non-hydrogen) atoms. The van der Waals surface area contributed by atoms with Gasteiger partial charge in [-0.15, -0.1) is 0 Å². The number of hydrogen-bond donors (Lipinski definition) is 0. The van der Waals surface area contributed by atoms with Crippen LogP contribution in [0.4, 0.5) is 4.39 Å². The molecule has 0 aliphatic heterocycles. The minimum atomic E-state index is -0.284. The Bertz CT molecular complexity index is 359. The number of rotatable bonds is 3. The van der Waals surface area contributed by atoms with Crippen LogP contribution in [0, 0.1) is 12.7 Å². The molecule has 1 aromatic carbocycles. The Morgan fingerprint density at radius 2 is 2.13 bits per heavy atom. The summed E-state index contributed by atoms with van der Waals surface area (Å²) in [6, 6.07) is 4.38. The summed E-state index contributed by atoms with van der Waals surface area (Å²) < 4.78 is 17.8. The van der Waals surface area contributed by atoms with E-state index in [-0.39, 0.29) is 24.3 Å². The molecule has 1 aromatic rings. The fraction of sp³-hybridized carbons (Fsp3) is 0.417. The van der Waals surface area contributed by atoms with Gasteiger partial charge in [-0.2, -0.15) is 0 Å². The molecule has 0 bridgehead atoms. The molecule has 0 fully saturated rings. The third kappa shape index (κ3) is 3.70. The van der Waals surface area contributed by atoms with Gasteiger partial charge in [0.15, 0.2) is 0 Å². The lowest BCUT2D eigenvalue weighted by molar-refractivity contribution is -0.146. The maximum atomic E-state index is 12.8. The van der Waals surface area contributed by atoms with Crippen LogP contribution in [0.2, 0.25) is 0 Å². The van der Waals surface area contributed by atoms with Crippen LogP contribution in [0.25, 0.3) is 0 Å². The summed E-state index contributed by atoms with van der Waals surface area (Å²) in [6.07, 6.45) is 0.0860. The molecule has 0 aliphatic rings. The van der Waals surface area contributed by atoms with Crippen LogP contribution in [-0.2, 0) is 16.0 Å². The van der Waals surface area contributed by atoms with Gasteiger partial charge in [0.25, 0.3) is 0 Å². The zero-order valence-electron chi connectivity index (χ0n) is 9.21. The van der Waals surface area contributed by atoms with E-state index in [2.05, 4.69) is 0 Å². The van der Waals surface area contributed by atoms with Crippen molar-refractivity contribution in [3.05, 3.63) is 35.1 Å². The summed E-state index contributed by atoms with van der Waals surface area (Å²) >= 11 is 0. The quantitative estimate of drug-likeness (QED) is 0.717. The number of benzene rings is 1. The van der Waals surface area contributed by atoms with Crippen LogP contribution in [0.5, 0.6) is 0 Å².